The van der Waals surface area contributed by atoms with E-state index in [1.165, 1.54) is 0 Å². The average Bonchev–Trinajstić information content (AvgIpc) is 2.38. The minimum atomic E-state index is -0.722. The van der Waals surface area contributed by atoms with E-state index in [0.717, 1.165) is 26.1 Å². The third kappa shape index (κ3) is 4.61. The predicted molar refractivity (Wildman–Crippen MR) is 66.2 cm³/mol. The third-order valence-corrected chi connectivity index (χ3v) is 3.59. The molecule has 0 aromatic carbocycles. The fourth-order valence-electron chi connectivity index (χ4n) is 2.28. The Balaban J connectivity index is 2.64. The summed E-state index contributed by atoms with van der Waals surface area (Å²) >= 11 is 0. The summed E-state index contributed by atoms with van der Waals surface area (Å²) in [5.41, 5.74) is 0. The Labute approximate surface area is 103 Å². The highest BCUT2D eigenvalue weighted by Gasteiger charge is 2.27. The molecule has 0 radical (unpaired) electrons. The van der Waals surface area contributed by atoms with Crippen LogP contribution in [0.2, 0.25) is 0 Å². The van der Waals surface area contributed by atoms with E-state index in [1.54, 1.807) is 7.11 Å². The summed E-state index contributed by atoms with van der Waals surface area (Å²) in [5, 5.41) is 8.98. The summed E-state index contributed by atoms with van der Waals surface area (Å²) in [6.45, 7) is 5.44. The van der Waals surface area contributed by atoms with Gasteiger partial charge in [0.05, 0.1) is 13.0 Å². The maximum atomic E-state index is 10.9. The van der Waals surface area contributed by atoms with Gasteiger partial charge in [0, 0.05) is 38.8 Å². The van der Waals surface area contributed by atoms with Gasteiger partial charge < -0.3 is 14.7 Å². The number of hydrogen-bond acceptors (Lipinski definition) is 4. The van der Waals surface area contributed by atoms with Gasteiger partial charge in [-0.05, 0) is 20.4 Å². The monoisotopic (exact) mass is 244 g/mol. The third-order valence-electron chi connectivity index (χ3n) is 3.59. The van der Waals surface area contributed by atoms with Crippen molar-refractivity contribution in [2.45, 2.75) is 31.8 Å². The lowest BCUT2D eigenvalue weighted by molar-refractivity contribution is -0.138. The smallest absolute Gasteiger partial charge is 0.304 e. The fraction of sp³-hybridized carbons (Fsp3) is 0.917. The zero-order chi connectivity index (χ0) is 12.8. The van der Waals surface area contributed by atoms with Crippen molar-refractivity contribution < 1.29 is 14.6 Å². The van der Waals surface area contributed by atoms with E-state index in [4.69, 9.17) is 9.84 Å². The van der Waals surface area contributed by atoms with Crippen LogP contribution in [0.15, 0.2) is 0 Å². The highest BCUT2D eigenvalue weighted by atomic mass is 16.5. The fourth-order valence-corrected chi connectivity index (χ4v) is 2.28. The molecule has 0 saturated carbocycles. The lowest BCUT2D eigenvalue weighted by Gasteiger charge is -2.29. The van der Waals surface area contributed by atoms with Crippen LogP contribution in [-0.4, -0.2) is 73.4 Å². The molecule has 1 fully saturated rings. The molecule has 0 aliphatic carbocycles. The van der Waals surface area contributed by atoms with Crippen molar-refractivity contribution in [2.24, 2.45) is 0 Å². The molecular weight excluding hydrogens is 220 g/mol. The second-order valence-electron chi connectivity index (χ2n) is 4.86. The van der Waals surface area contributed by atoms with E-state index in [2.05, 4.69) is 23.8 Å². The lowest BCUT2D eigenvalue weighted by Crippen LogP contribution is -2.43. The number of methoxy groups -OCH3 is 1. The molecule has 1 rings (SSSR count). The number of carboxylic acid groups (broad SMARTS) is 1. The normalized spacial score (nSPS) is 27.9. The standard InChI is InChI=1S/C12H24N2O3/c1-10-4-5-14(6-7-17-3)11(8-12(15)16)9-13(10)2/h10-11H,4-9H2,1-3H3,(H,15,16). The second kappa shape index (κ2) is 6.93. The van der Waals surface area contributed by atoms with Gasteiger partial charge in [0.25, 0.3) is 0 Å². The number of carbonyl (C=O) groups is 1. The second-order valence-corrected chi connectivity index (χ2v) is 4.86. The average molecular weight is 244 g/mol. The molecule has 0 aromatic rings. The predicted octanol–water partition coefficient (Wildman–Crippen LogP) is 0.502. The summed E-state index contributed by atoms with van der Waals surface area (Å²) < 4.78 is 5.09. The number of aliphatic carboxylic acids is 1. The SMILES string of the molecule is COCCN1CCC(C)N(C)CC1CC(=O)O. The molecule has 1 aliphatic rings. The van der Waals surface area contributed by atoms with Crippen LogP contribution in [0.5, 0.6) is 0 Å². The quantitative estimate of drug-likeness (QED) is 0.763. The highest BCUT2D eigenvalue weighted by Crippen LogP contribution is 2.16. The Morgan fingerprint density at radius 3 is 2.82 bits per heavy atom. The molecule has 0 amide bonds. The molecular formula is C12H24N2O3. The Kier molecular flexibility index (Phi) is 5.88. The summed E-state index contributed by atoms with van der Waals surface area (Å²) in [7, 11) is 3.75. The molecule has 100 valence electrons. The summed E-state index contributed by atoms with van der Waals surface area (Å²) in [6, 6.07) is 0.608. The molecule has 2 atom stereocenters. The van der Waals surface area contributed by atoms with Crippen molar-refractivity contribution >= 4 is 5.97 Å². The van der Waals surface area contributed by atoms with E-state index in [1.807, 2.05) is 0 Å². The van der Waals surface area contributed by atoms with Crippen LogP contribution >= 0.6 is 0 Å². The van der Waals surface area contributed by atoms with Crippen molar-refractivity contribution in [3.05, 3.63) is 0 Å². The first-order valence-corrected chi connectivity index (χ1v) is 6.19. The Morgan fingerprint density at radius 2 is 2.24 bits per heavy atom. The van der Waals surface area contributed by atoms with Crippen molar-refractivity contribution in [1.82, 2.24) is 9.80 Å². The van der Waals surface area contributed by atoms with E-state index < -0.39 is 5.97 Å². The van der Waals surface area contributed by atoms with Gasteiger partial charge in [-0.2, -0.15) is 0 Å². The van der Waals surface area contributed by atoms with Crippen LogP contribution in [-0.2, 0) is 9.53 Å². The molecule has 1 saturated heterocycles. The first-order valence-electron chi connectivity index (χ1n) is 6.19. The number of hydrogen-bond donors (Lipinski definition) is 1. The molecule has 5 nitrogen and oxygen atoms in total. The molecule has 1 aliphatic heterocycles. The van der Waals surface area contributed by atoms with Gasteiger partial charge in [-0.1, -0.05) is 0 Å². The number of ether oxygens (including phenoxy) is 1. The first kappa shape index (κ1) is 14.4. The topological polar surface area (TPSA) is 53.0 Å². The van der Waals surface area contributed by atoms with Crippen molar-refractivity contribution in [2.75, 3.05) is 40.4 Å². The molecule has 0 spiro atoms. The zero-order valence-electron chi connectivity index (χ0n) is 11.1. The van der Waals surface area contributed by atoms with Crippen molar-refractivity contribution in [3.8, 4) is 0 Å². The van der Waals surface area contributed by atoms with E-state index in [0.29, 0.717) is 12.6 Å². The van der Waals surface area contributed by atoms with E-state index in [-0.39, 0.29) is 12.5 Å². The van der Waals surface area contributed by atoms with Crippen LogP contribution in [0.4, 0.5) is 0 Å². The van der Waals surface area contributed by atoms with Gasteiger partial charge in [-0.15, -0.1) is 0 Å². The van der Waals surface area contributed by atoms with Crippen molar-refractivity contribution in [3.63, 3.8) is 0 Å². The number of nitrogens with zero attached hydrogens (tertiary/aromatic N) is 2. The van der Waals surface area contributed by atoms with Gasteiger partial charge in [-0.3, -0.25) is 9.69 Å². The highest BCUT2D eigenvalue weighted by molar-refractivity contribution is 5.67. The lowest BCUT2D eigenvalue weighted by atomic mass is 10.1. The number of likely N-dealkylation sites (N-methyl/N-ethyl adjacent to an activating group) is 1. The molecule has 0 bridgehead atoms. The van der Waals surface area contributed by atoms with Crippen LogP contribution < -0.4 is 0 Å². The Hall–Kier alpha value is -0.650. The molecule has 17 heavy (non-hydrogen) atoms. The summed E-state index contributed by atoms with van der Waals surface area (Å²) in [6.07, 6.45) is 1.29. The minimum absolute atomic E-state index is 0.0950. The van der Waals surface area contributed by atoms with Crippen LogP contribution in [0.3, 0.4) is 0 Å². The Bertz CT molecular complexity index is 248. The zero-order valence-corrected chi connectivity index (χ0v) is 11.1. The van der Waals surface area contributed by atoms with Crippen LogP contribution in [0, 0.1) is 0 Å². The maximum absolute atomic E-state index is 10.9. The van der Waals surface area contributed by atoms with E-state index >= 15 is 0 Å². The van der Waals surface area contributed by atoms with E-state index in [9.17, 15) is 4.79 Å². The molecule has 1 heterocycles. The number of carboxylic acids is 1. The maximum Gasteiger partial charge on any atom is 0.304 e. The molecule has 1 N–H and O–H groups in total. The number of rotatable bonds is 5. The van der Waals surface area contributed by atoms with Gasteiger partial charge in [-0.25, -0.2) is 0 Å². The van der Waals surface area contributed by atoms with Crippen molar-refractivity contribution in [1.29, 1.82) is 0 Å². The van der Waals surface area contributed by atoms with Gasteiger partial charge in [0.15, 0.2) is 0 Å². The van der Waals surface area contributed by atoms with Crippen LogP contribution in [0.25, 0.3) is 0 Å². The molecule has 5 heteroatoms. The summed E-state index contributed by atoms with van der Waals surface area (Å²) in [5.74, 6) is -0.722. The summed E-state index contributed by atoms with van der Waals surface area (Å²) in [4.78, 5) is 15.4. The van der Waals surface area contributed by atoms with Gasteiger partial charge >= 0.3 is 5.97 Å². The molecule has 2 unspecified atom stereocenters. The molecule has 0 aromatic heterocycles. The van der Waals surface area contributed by atoms with Crippen LogP contribution in [0.1, 0.15) is 19.8 Å². The van der Waals surface area contributed by atoms with Gasteiger partial charge in [0.1, 0.15) is 0 Å². The minimum Gasteiger partial charge on any atom is -0.481 e. The first-order chi connectivity index (χ1) is 8.04. The Morgan fingerprint density at radius 1 is 1.53 bits per heavy atom. The largest absolute Gasteiger partial charge is 0.481 e. The van der Waals surface area contributed by atoms with Gasteiger partial charge in [0.2, 0.25) is 0 Å².